The minimum absolute atomic E-state index is 0.0833. The topological polar surface area (TPSA) is 153 Å². The predicted molar refractivity (Wildman–Crippen MR) is 156 cm³/mol. The number of pyridine rings is 2. The standard InChI is InChI=1S/C18H14Cl2N2O3.C11H10N2O4/c1-10-2-7-15-21-16(17(24)18(25)22(15)9-10)14(23)6-4-11-3-5-12(19)13(20)8-11;1-6-3-4-7-12-8(11(16)17-2)9(14)10(15)13(7)5-6/h2-3,5,7-9,24H,4,6H2,1H3;3-5,14H,1-2H3. The lowest BCUT2D eigenvalue weighted by Crippen LogP contribution is -2.19. The molecule has 0 saturated carbocycles. The average Bonchev–Trinajstić information content (AvgIpc) is 2.97. The van der Waals surface area contributed by atoms with Crippen LogP contribution in [0.25, 0.3) is 11.3 Å². The fraction of sp³-hybridized carbons (Fsp3) is 0.172. The summed E-state index contributed by atoms with van der Waals surface area (Å²) in [4.78, 5) is 55.8. The van der Waals surface area contributed by atoms with Gasteiger partial charge >= 0.3 is 17.1 Å². The van der Waals surface area contributed by atoms with Gasteiger partial charge in [0.2, 0.25) is 11.5 Å². The molecule has 11 nitrogen and oxygen atoms in total. The zero-order chi connectivity index (χ0) is 30.7. The minimum Gasteiger partial charge on any atom is -0.501 e. The zero-order valence-corrected chi connectivity index (χ0v) is 24.1. The molecule has 0 bridgehead atoms. The van der Waals surface area contributed by atoms with Gasteiger partial charge in [-0.1, -0.05) is 41.4 Å². The number of ether oxygens (including phenoxy) is 1. The largest absolute Gasteiger partial charge is 0.501 e. The van der Waals surface area contributed by atoms with Crippen molar-refractivity contribution in [2.75, 3.05) is 7.11 Å². The van der Waals surface area contributed by atoms with Gasteiger partial charge in [0.15, 0.2) is 17.2 Å². The number of benzene rings is 1. The Labute approximate surface area is 248 Å². The number of rotatable bonds is 5. The van der Waals surface area contributed by atoms with Crippen molar-refractivity contribution in [1.29, 1.82) is 0 Å². The van der Waals surface area contributed by atoms with E-state index in [1.165, 1.54) is 15.0 Å². The van der Waals surface area contributed by atoms with E-state index < -0.39 is 34.4 Å². The van der Waals surface area contributed by atoms with Crippen LogP contribution in [0.2, 0.25) is 10.0 Å². The SMILES string of the molecule is COC(=O)c1nc2ccc(C)cn2c(=O)c1O.Cc1ccc2nc(C(=O)CCc3ccc(Cl)c(Cl)c3)c(O)c(=O)n2c1. The highest BCUT2D eigenvalue weighted by molar-refractivity contribution is 6.42. The molecule has 42 heavy (non-hydrogen) atoms. The molecule has 0 aliphatic carbocycles. The molecule has 0 aliphatic heterocycles. The normalized spacial score (nSPS) is 10.8. The first-order valence-corrected chi connectivity index (χ1v) is 13.2. The Balaban J connectivity index is 0.000000208. The van der Waals surface area contributed by atoms with E-state index in [4.69, 9.17) is 23.2 Å². The molecule has 5 rings (SSSR count). The summed E-state index contributed by atoms with van der Waals surface area (Å²) in [7, 11) is 1.15. The van der Waals surface area contributed by atoms with Gasteiger partial charge in [-0.3, -0.25) is 23.2 Å². The number of aromatic hydroxyl groups is 2. The Morgan fingerprint density at radius 1 is 0.810 bits per heavy atom. The third-order valence-corrected chi connectivity index (χ3v) is 6.90. The molecule has 0 unspecified atom stereocenters. The number of nitrogens with zero attached hydrogens (tertiary/aromatic N) is 4. The van der Waals surface area contributed by atoms with Gasteiger partial charge in [0.25, 0.3) is 0 Å². The van der Waals surface area contributed by atoms with Gasteiger partial charge in [-0.2, -0.15) is 0 Å². The Morgan fingerprint density at radius 3 is 1.86 bits per heavy atom. The van der Waals surface area contributed by atoms with Gasteiger partial charge in [-0.15, -0.1) is 0 Å². The smallest absolute Gasteiger partial charge is 0.360 e. The molecule has 4 aromatic heterocycles. The van der Waals surface area contributed by atoms with Crippen molar-refractivity contribution >= 4 is 46.2 Å². The van der Waals surface area contributed by atoms with Crippen LogP contribution in [0.3, 0.4) is 0 Å². The number of aromatic nitrogens is 4. The molecule has 0 radical (unpaired) electrons. The first kappa shape index (κ1) is 30.2. The Morgan fingerprint density at radius 2 is 1.33 bits per heavy atom. The number of fused-ring (bicyclic) bond motifs is 2. The van der Waals surface area contributed by atoms with Crippen molar-refractivity contribution in [2.45, 2.75) is 26.7 Å². The van der Waals surface area contributed by atoms with Gasteiger partial charge in [0.05, 0.1) is 17.2 Å². The maximum atomic E-state index is 12.4. The number of methoxy groups -OCH3 is 1. The molecule has 2 N–H and O–H groups in total. The fourth-order valence-electron chi connectivity index (χ4n) is 3.98. The highest BCUT2D eigenvalue weighted by Gasteiger charge is 2.20. The van der Waals surface area contributed by atoms with Crippen LogP contribution in [0, 0.1) is 13.8 Å². The summed E-state index contributed by atoms with van der Waals surface area (Å²) in [5.41, 5.74) is 1.16. The number of esters is 1. The highest BCUT2D eigenvalue weighted by atomic mass is 35.5. The van der Waals surface area contributed by atoms with Crippen molar-refractivity contribution < 1.29 is 24.5 Å². The Bertz CT molecular complexity index is 1990. The summed E-state index contributed by atoms with van der Waals surface area (Å²) < 4.78 is 6.84. The monoisotopic (exact) mass is 610 g/mol. The van der Waals surface area contributed by atoms with E-state index in [0.717, 1.165) is 23.8 Å². The van der Waals surface area contributed by atoms with Crippen LogP contribution in [-0.4, -0.2) is 47.8 Å². The molecular formula is C29H24Cl2N4O7. The maximum absolute atomic E-state index is 12.4. The third-order valence-electron chi connectivity index (χ3n) is 6.16. The van der Waals surface area contributed by atoms with E-state index in [2.05, 4.69) is 14.7 Å². The maximum Gasteiger partial charge on any atom is 0.360 e. The Hall–Kier alpha value is -4.74. The van der Waals surface area contributed by atoms with Crippen LogP contribution in [0.15, 0.2) is 64.4 Å². The molecule has 5 aromatic rings. The molecule has 216 valence electrons. The summed E-state index contributed by atoms with van der Waals surface area (Å²) in [5, 5.41) is 20.5. The summed E-state index contributed by atoms with van der Waals surface area (Å²) in [6.07, 6.45) is 3.57. The van der Waals surface area contributed by atoms with Crippen LogP contribution in [-0.2, 0) is 11.2 Å². The molecule has 1 aromatic carbocycles. The number of Topliss-reactive ketones (excluding diaryl/α,β-unsaturated/α-hetero) is 1. The van der Waals surface area contributed by atoms with Crippen LogP contribution in [0.4, 0.5) is 0 Å². The molecule has 4 heterocycles. The third kappa shape index (κ3) is 6.27. The number of hydrogen-bond donors (Lipinski definition) is 2. The van der Waals surface area contributed by atoms with E-state index in [1.54, 1.807) is 55.6 Å². The lowest BCUT2D eigenvalue weighted by molar-refractivity contribution is 0.0590. The molecule has 0 atom stereocenters. The minimum atomic E-state index is -0.845. The molecule has 13 heteroatoms. The molecule has 0 amide bonds. The van der Waals surface area contributed by atoms with Crippen molar-refractivity contribution in [3.63, 3.8) is 0 Å². The highest BCUT2D eigenvalue weighted by Crippen LogP contribution is 2.24. The number of ketones is 1. The number of aryl methyl sites for hydroxylation is 3. The second kappa shape index (κ2) is 12.4. The van der Waals surface area contributed by atoms with Gasteiger partial charge in [-0.25, -0.2) is 14.8 Å². The molecular weight excluding hydrogens is 587 g/mol. The van der Waals surface area contributed by atoms with Gasteiger partial charge in [0, 0.05) is 18.8 Å². The van der Waals surface area contributed by atoms with Crippen LogP contribution < -0.4 is 11.1 Å². The first-order chi connectivity index (χ1) is 19.9. The number of halogens is 2. The summed E-state index contributed by atoms with van der Waals surface area (Å²) in [6, 6.07) is 11.9. The van der Waals surface area contributed by atoms with Crippen molar-refractivity contribution in [3.05, 3.63) is 114 Å². The molecule has 0 fully saturated rings. The van der Waals surface area contributed by atoms with Crippen molar-refractivity contribution in [1.82, 2.24) is 18.8 Å². The zero-order valence-electron chi connectivity index (χ0n) is 22.6. The van der Waals surface area contributed by atoms with Crippen molar-refractivity contribution in [3.8, 4) is 11.5 Å². The van der Waals surface area contributed by atoms with Crippen LogP contribution in [0.5, 0.6) is 11.5 Å². The van der Waals surface area contributed by atoms with Crippen LogP contribution in [0.1, 0.15) is 44.1 Å². The quantitative estimate of drug-likeness (QED) is 0.219. The summed E-state index contributed by atoms with van der Waals surface area (Å²) in [5.74, 6) is -2.60. The van der Waals surface area contributed by atoms with Crippen molar-refractivity contribution in [2.24, 2.45) is 0 Å². The molecule has 0 spiro atoms. The van der Waals surface area contributed by atoms with Crippen LogP contribution >= 0.6 is 23.2 Å². The Kier molecular flexibility index (Phi) is 8.93. The lowest BCUT2D eigenvalue weighted by Gasteiger charge is -2.07. The number of hydrogen-bond acceptors (Lipinski definition) is 9. The average molecular weight is 611 g/mol. The lowest BCUT2D eigenvalue weighted by atomic mass is 10.1. The van der Waals surface area contributed by atoms with Gasteiger partial charge in [-0.05, 0) is 61.2 Å². The van der Waals surface area contributed by atoms with E-state index in [-0.39, 0.29) is 23.5 Å². The first-order valence-electron chi connectivity index (χ1n) is 12.4. The van der Waals surface area contributed by atoms with E-state index in [9.17, 15) is 29.4 Å². The number of carbonyl (C=O) groups excluding carboxylic acids is 2. The summed E-state index contributed by atoms with van der Waals surface area (Å²) in [6.45, 7) is 3.62. The second-order valence-corrected chi connectivity index (χ2v) is 10.1. The molecule has 0 saturated heterocycles. The predicted octanol–water partition coefficient (Wildman–Crippen LogP) is 4.33. The van der Waals surface area contributed by atoms with E-state index in [1.807, 2.05) is 6.92 Å². The van der Waals surface area contributed by atoms with Gasteiger partial charge < -0.3 is 14.9 Å². The summed E-state index contributed by atoms with van der Waals surface area (Å²) >= 11 is 11.8. The van der Waals surface area contributed by atoms with E-state index in [0.29, 0.717) is 22.1 Å². The van der Waals surface area contributed by atoms with Gasteiger partial charge in [0.1, 0.15) is 11.3 Å². The second-order valence-electron chi connectivity index (χ2n) is 9.26. The number of carbonyl (C=O) groups is 2. The van der Waals surface area contributed by atoms with E-state index >= 15 is 0 Å². The fourth-order valence-corrected chi connectivity index (χ4v) is 4.30. The molecule has 0 aliphatic rings.